The summed E-state index contributed by atoms with van der Waals surface area (Å²) in [4.78, 5) is 0. The van der Waals surface area contributed by atoms with Gasteiger partial charge in [0, 0.05) is 15.6 Å². The molecule has 1 fully saturated rings. The summed E-state index contributed by atoms with van der Waals surface area (Å²) < 4.78 is 0.848. The third-order valence-corrected chi connectivity index (χ3v) is 5.44. The van der Waals surface area contributed by atoms with E-state index in [9.17, 15) is 5.26 Å². The van der Waals surface area contributed by atoms with Crippen molar-refractivity contribution in [3.63, 3.8) is 0 Å². The van der Waals surface area contributed by atoms with Gasteiger partial charge in [0.05, 0.1) is 11.1 Å². The molecule has 19 heavy (non-hydrogen) atoms. The molecule has 1 N–H and O–H groups in total. The minimum Gasteiger partial charge on any atom is -0.367 e. The van der Waals surface area contributed by atoms with Gasteiger partial charge in [0.25, 0.3) is 0 Å². The van der Waals surface area contributed by atoms with E-state index in [-0.39, 0.29) is 5.41 Å². The highest BCUT2D eigenvalue weighted by atomic mass is 79.9. The van der Waals surface area contributed by atoms with Crippen molar-refractivity contribution in [1.29, 1.82) is 5.26 Å². The zero-order valence-corrected chi connectivity index (χ0v) is 13.6. The summed E-state index contributed by atoms with van der Waals surface area (Å²) in [6.07, 6.45) is 4.25. The monoisotopic (exact) mass is 340 g/mol. The lowest BCUT2D eigenvalue weighted by Gasteiger charge is -2.46. The predicted octanol–water partition coefficient (Wildman–Crippen LogP) is 5.38. The number of nitrogens with zero attached hydrogens (tertiary/aromatic N) is 1. The maximum absolute atomic E-state index is 9.71. The molecular formula is C15H18BrClN2. The van der Waals surface area contributed by atoms with Crippen LogP contribution in [0.4, 0.5) is 5.69 Å². The zero-order valence-electron chi connectivity index (χ0n) is 11.3. The molecule has 0 radical (unpaired) electrons. The number of nitrogens with one attached hydrogen (secondary N) is 1. The molecule has 0 aliphatic heterocycles. The number of hydrogen-bond acceptors (Lipinski definition) is 2. The molecule has 1 aromatic rings. The van der Waals surface area contributed by atoms with Crippen molar-refractivity contribution in [3.05, 3.63) is 27.7 Å². The fourth-order valence-electron chi connectivity index (χ4n) is 2.80. The fourth-order valence-corrected chi connectivity index (χ4v) is 3.29. The average Bonchev–Trinajstić information content (AvgIpc) is 2.36. The molecule has 0 spiro atoms. The van der Waals surface area contributed by atoms with Gasteiger partial charge in [-0.2, -0.15) is 5.26 Å². The molecule has 1 unspecified atom stereocenters. The van der Waals surface area contributed by atoms with E-state index in [2.05, 4.69) is 41.2 Å². The predicted molar refractivity (Wildman–Crippen MR) is 83.4 cm³/mol. The van der Waals surface area contributed by atoms with Crippen molar-refractivity contribution in [2.45, 2.75) is 45.1 Å². The van der Waals surface area contributed by atoms with Crippen LogP contribution in [0.1, 0.15) is 39.5 Å². The Bertz CT molecular complexity index is 521. The lowest BCUT2D eigenvalue weighted by molar-refractivity contribution is 0.164. The first-order valence-corrected chi connectivity index (χ1v) is 7.72. The van der Waals surface area contributed by atoms with Crippen LogP contribution in [0.2, 0.25) is 5.02 Å². The van der Waals surface area contributed by atoms with Crippen molar-refractivity contribution in [1.82, 2.24) is 0 Å². The fraction of sp³-hybridized carbons (Fsp3) is 0.533. The van der Waals surface area contributed by atoms with Crippen LogP contribution in [0.5, 0.6) is 0 Å². The molecule has 4 heteroatoms. The SMILES string of the molecule is CC1(C)CCCCC1(C#N)Nc1ccc(Cl)c(Br)c1. The number of halogens is 2. The molecule has 0 saturated heterocycles. The molecule has 1 saturated carbocycles. The van der Waals surface area contributed by atoms with E-state index < -0.39 is 5.54 Å². The van der Waals surface area contributed by atoms with E-state index in [1.807, 2.05) is 18.2 Å². The minimum atomic E-state index is -0.501. The van der Waals surface area contributed by atoms with Crippen molar-refractivity contribution >= 4 is 33.2 Å². The third-order valence-electron chi connectivity index (χ3n) is 4.23. The molecule has 0 amide bonds. The van der Waals surface area contributed by atoms with E-state index in [1.165, 1.54) is 6.42 Å². The Morgan fingerprint density at radius 1 is 1.32 bits per heavy atom. The van der Waals surface area contributed by atoms with Crippen LogP contribution in [0.3, 0.4) is 0 Å². The van der Waals surface area contributed by atoms with Crippen LogP contribution in [-0.2, 0) is 0 Å². The number of hydrogen-bond donors (Lipinski definition) is 1. The third kappa shape index (κ3) is 2.75. The smallest absolute Gasteiger partial charge is 0.130 e. The number of rotatable bonds is 2. The Hall–Kier alpha value is -0.720. The van der Waals surface area contributed by atoms with Gasteiger partial charge in [0.15, 0.2) is 0 Å². The summed E-state index contributed by atoms with van der Waals surface area (Å²) in [6, 6.07) is 8.24. The molecule has 102 valence electrons. The van der Waals surface area contributed by atoms with Gasteiger partial charge >= 0.3 is 0 Å². The first-order chi connectivity index (χ1) is 8.90. The maximum Gasteiger partial charge on any atom is 0.130 e. The van der Waals surface area contributed by atoms with Crippen molar-refractivity contribution in [2.75, 3.05) is 5.32 Å². The van der Waals surface area contributed by atoms with Gasteiger partial charge in [-0.15, -0.1) is 0 Å². The lowest BCUT2D eigenvalue weighted by Crippen LogP contribution is -2.52. The van der Waals surface area contributed by atoms with Crippen LogP contribution < -0.4 is 5.32 Å². The van der Waals surface area contributed by atoms with E-state index in [1.54, 1.807) is 0 Å². The van der Waals surface area contributed by atoms with Crippen LogP contribution in [0.15, 0.2) is 22.7 Å². The molecule has 0 heterocycles. The second kappa shape index (κ2) is 5.34. The second-order valence-corrected chi connectivity index (χ2v) is 7.12. The highest BCUT2D eigenvalue weighted by Crippen LogP contribution is 2.45. The quantitative estimate of drug-likeness (QED) is 0.784. The average molecular weight is 342 g/mol. The topological polar surface area (TPSA) is 35.8 Å². The van der Waals surface area contributed by atoms with Gasteiger partial charge in [0.2, 0.25) is 0 Å². The summed E-state index contributed by atoms with van der Waals surface area (Å²) in [5.74, 6) is 0. The van der Waals surface area contributed by atoms with Gasteiger partial charge in [0.1, 0.15) is 5.54 Å². The summed E-state index contributed by atoms with van der Waals surface area (Å²) >= 11 is 9.43. The van der Waals surface area contributed by atoms with Crippen LogP contribution in [0, 0.1) is 16.7 Å². The van der Waals surface area contributed by atoms with Gasteiger partial charge in [-0.05, 0) is 53.4 Å². The van der Waals surface area contributed by atoms with E-state index in [0.717, 1.165) is 29.4 Å². The molecule has 1 atom stereocenters. The summed E-state index contributed by atoms with van der Waals surface area (Å²) in [7, 11) is 0. The second-order valence-electron chi connectivity index (χ2n) is 5.86. The first kappa shape index (κ1) is 14.7. The Kier molecular flexibility index (Phi) is 4.13. The normalized spacial score (nSPS) is 25.6. The first-order valence-electron chi connectivity index (χ1n) is 6.55. The van der Waals surface area contributed by atoms with E-state index in [0.29, 0.717) is 5.02 Å². The number of anilines is 1. The lowest BCUT2D eigenvalue weighted by atomic mass is 9.63. The van der Waals surface area contributed by atoms with E-state index >= 15 is 0 Å². The Labute approximate surface area is 128 Å². The molecule has 1 aliphatic carbocycles. The molecule has 1 aromatic carbocycles. The van der Waals surface area contributed by atoms with E-state index in [4.69, 9.17) is 11.6 Å². The Balaban J connectivity index is 2.32. The highest BCUT2D eigenvalue weighted by Gasteiger charge is 2.47. The molecule has 2 rings (SSSR count). The molecule has 0 aromatic heterocycles. The standard InChI is InChI=1S/C15H18BrClN2/c1-14(2)7-3-4-8-15(14,10-18)19-11-5-6-13(17)12(16)9-11/h5-6,9,19H,3-4,7-8H2,1-2H3. The zero-order chi connectivity index (χ0) is 14.1. The van der Waals surface area contributed by atoms with Crippen LogP contribution >= 0.6 is 27.5 Å². The summed E-state index contributed by atoms with van der Waals surface area (Å²) in [5.41, 5.74) is 0.401. The number of nitriles is 1. The molecule has 2 nitrogen and oxygen atoms in total. The number of benzene rings is 1. The molecule has 0 bridgehead atoms. The van der Waals surface area contributed by atoms with Crippen LogP contribution in [0.25, 0.3) is 0 Å². The molecular weight excluding hydrogens is 324 g/mol. The minimum absolute atomic E-state index is 0.0356. The molecule has 1 aliphatic rings. The van der Waals surface area contributed by atoms with Crippen molar-refractivity contribution in [3.8, 4) is 6.07 Å². The van der Waals surface area contributed by atoms with Gasteiger partial charge in [-0.3, -0.25) is 0 Å². The van der Waals surface area contributed by atoms with Gasteiger partial charge < -0.3 is 5.32 Å². The summed E-state index contributed by atoms with van der Waals surface area (Å²) in [5, 5.41) is 13.8. The van der Waals surface area contributed by atoms with Crippen LogP contribution in [-0.4, -0.2) is 5.54 Å². The maximum atomic E-state index is 9.71. The van der Waals surface area contributed by atoms with Gasteiger partial charge in [-0.25, -0.2) is 0 Å². The van der Waals surface area contributed by atoms with Crippen molar-refractivity contribution in [2.24, 2.45) is 5.41 Å². The Morgan fingerprint density at radius 3 is 2.58 bits per heavy atom. The largest absolute Gasteiger partial charge is 0.367 e. The van der Waals surface area contributed by atoms with Crippen molar-refractivity contribution < 1.29 is 0 Å². The Morgan fingerprint density at radius 2 is 2.00 bits per heavy atom. The highest BCUT2D eigenvalue weighted by molar-refractivity contribution is 9.10. The van der Waals surface area contributed by atoms with Gasteiger partial charge in [-0.1, -0.05) is 31.9 Å². The summed E-state index contributed by atoms with van der Waals surface area (Å²) in [6.45, 7) is 4.35.